The minimum absolute atomic E-state index is 0.0315. The Hall–Kier alpha value is -1.57. The van der Waals surface area contributed by atoms with Crippen LogP contribution in [0.4, 0.5) is 18.2 Å². The molecule has 0 saturated carbocycles. The molecular formula is C16H20F3NO3S. The standard InChI is InChI=1S/C16H20F3NO3S/c1-8-6-5-7-9-10(8)11(13(21)23-15(2,3)4)12(24-9)20-14(22)16(17,18)19/h8H,5-7H2,1-4H3,(H,20,22). The van der Waals surface area contributed by atoms with Crippen LogP contribution in [0.15, 0.2) is 0 Å². The Balaban J connectivity index is 2.47. The Morgan fingerprint density at radius 1 is 1.25 bits per heavy atom. The van der Waals surface area contributed by atoms with Gasteiger partial charge in [-0.25, -0.2) is 4.79 Å². The predicted molar refractivity (Wildman–Crippen MR) is 85.5 cm³/mol. The smallest absolute Gasteiger partial charge is 0.456 e. The van der Waals surface area contributed by atoms with Gasteiger partial charge in [0.15, 0.2) is 0 Å². The molecule has 0 spiro atoms. The zero-order valence-corrected chi connectivity index (χ0v) is 14.8. The first kappa shape index (κ1) is 18.8. The third-order valence-electron chi connectivity index (χ3n) is 3.64. The number of nitrogens with one attached hydrogen (secondary N) is 1. The predicted octanol–water partition coefficient (Wildman–Crippen LogP) is 4.64. The number of amides is 1. The van der Waals surface area contributed by atoms with Gasteiger partial charge in [-0.1, -0.05) is 6.92 Å². The summed E-state index contributed by atoms with van der Waals surface area (Å²) in [5.74, 6) is -2.76. The van der Waals surface area contributed by atoms with Gasteiger partial charge in [-0.3, -0.25) is 4.79 Å². The Labute approximate surface area is 142 Å². The maximum atomic E-state index is 12.6. The summed E-state index contributed by atoms with van der Waals surface area (Å²) in [7, 11) is 0. The molecule has 134 valence electrons. The van der Waals surface area contributed by atoms with Gasteiger partial charge in [0.25, 0.3) is 0 Å². The molecule has 1 aromatic rings. The van der Waals surface area contributed by atoms with E-state index in [9.17, 15) is 22.8 Å². The van der Waals surface area contributed by atoms with Crippen LogP contribution >= 0.6 is 11.3 Å². The summed E-state index contributed by atoms with van der Waals surface area (Å²) < 4.78 is 43.1. The van der Waals surface area contributed by atoms with Crippen molar-refractivity contribution < 1.29 is 27.5 Å². The molecule has 0 bridgehead atoms. The van der Waals surface area contributed by atoms with Crippen molar-refractivity contribution in [3.8, 4) is 0 Å². The molecule has 0 fully saturated rings. The quantitative estimate of drug-likeness (QED) is 0.779. The zero-order chi connectivity index (χ0) is 18.3. The maximum Gasteiger partial charge on any atom is 0.471 e. The zero-order valence-electron chi connectivity index (χ0n) is 14.0. The lowest BCUT2D eigenvalue weighted by Crippen LogP contribution is -2.31. The first-order valence-corrected chi connectivity index (χ1v) is 8.49. The molecule has 4 nitrogen and oxygen atoms in total. The lowest BCUT2D eigenvalue weighted by atomic mass is 9.86. The highest BCUT2D eigenvalue weighted by Gasteiger charge is 2.41. The van der Waals surface area contributed by atoms with Crippen LogP contribution < -0.4 is 5.32 Å². The highest BCUT2D eigenvalue weighted by atomic mass is 32.1. The van der Waals surface area contributed by atoms with E-state index in [4.69, 9.17) is 4.74 Å². The van der Waals surface area contributed by atoms with E-state index in [2.05, 4.69) is 0 Å². The van der Waals surface area contributed by atoms with E-state index in [0.717, 1.165) is 29.1 Å². The largest absolute Gasteiger partial charge is 0.471 e. The molecule has 0 aliphatic heterocycles. The molecule has 1 N–H and O–H groups in total. The number of thiophene rings is 1. The third kappa shape index (κ3) is 4.09. The summed E-state index contributed by atoms with van der Waals surface area (Å²) in [6, 6.07) is 0. The number of carbonyl (C=O) groups is 2. The molecule has 24 heavy (non-hydrogen) atoms. The van der Waals surface area contributed by atoms with Crippen molar-refractivity contribution in [3.05, 3.63) is 16.0 Å². The number of alkyl halides is 3. The average Bonchev–Trinajstić information content (AvgIpc) is 2.75. The fourth-order valence-electron chi connectivity index (χ4n) is 2.70. The van der Waals surface area contributed by atoms with Crippen LogP contribution in [0.2, 0.25) is 0 Å². The lowest BCUT2D eigenvalue weighted by molar-refractivity contribution is -0.167. The molecule has 1 aliphatic rings. The fraction of sp³-hybridized carbons (Fsp3) is 0.625. The molecule has 1 aromatic heterocycles. The molecule has 1 heterocycles. The summed E-state index contributed by atoms with van der Waals surface area (Å²) >= 11 is 1.03. The molecule has 1 amide bonds. The second-order valence-corrected chi connectivity index (χ2v) is 8.00. The second-order valence-electron chi connectivity index (χ2n) is 6.89. The van der Waals surface area contributed by atoms with Gasteiger partial charge < -0.3 is 10.1 Å². The molecule has 1 aliphatic carbocycles. The van der Waals surface area contributed by atoms with Crippen molar-refractivity contribution in [1.82, 2.24) is 0 Å². The summed E-state index contributed by atoms with van der Waals surface area (Å²) in [4.78, 5) is 24.7. The van der Waals surface area contributed by atoms with Crippen LogP contribution in [0.5, 0.6) is 0 Å². The van der Waals surface area contributed by atoms with Gasteiger partial charge in [0.1, 0.15) is 10.6 Å². The topological polar surface area (TPSA) is 55.4 Å². The number of carbonyl (C=O) groups excluding carboxylic acids is 2. The van der Waals surface area contributed by atoms with E-state index in [1.807, 2.05) is 12.2 Å². The third-order valence-corrected chi connectivity index (χ3v) is 4.82. The Bertz CT molecular complexity index is 659. The fourth-order valence-corrected chi connectivity index (χ4v) is 4.05. The van der Waals surface area contributed by atoms with Crippen molar-refractivity contribution in [1.29, 1.82) is 0 Å². The molecule has 8 heteroatoms. The molecule has 1 unspecified atom stereocenters. The van der Waals surface area contributed by atoms with E-state index in [-0.39, 0.29) is 16.5 Å². The molecule has 2 rings (SSSR count). The Kier molecular flexibility index (Phi) is 4.99. The number of fused-ring (bicyclic) bond motifs is 1. The summed E-state index contributed by atoms with van der Waals surface area (Å²) in [6.45, 7) is 6.97. The van der Waals surface area contributed by atoms with Gasteiger partial charge in [-0.2, -0.15) is 13.2 Å². The van der Waals surface area contributed by atoms with E-state index in [1.165, 1.54) is 0 Å². The van der Waals surface area contributed by atoms with Gasteiger partial charge in [-0.15, -0.1) is 11.3 Å². The summed E-state index contributed by atoms with van der Waals surface area (Å²) in [5, 5.41) is 1.77. The summed E-state index contributed by atoms with van der Waals surface area (Å²) in [5.41, 5.74) is -0.0116. The Morgan fingerprint density at radius 3 is 2.42 bits per heavy atom. The van der Waals surface area contributed by atoms with Crippen LogP contribution in [-0.4, -0.2) is 23.7 Å². The normalized spacial score (nSPS) is 18.0. The van der Waals surface area contributed by atoms with Crippen LogP contribution in [0, 0.1) is 0 Å². The van der Waals surface area contributed by atoms with Gasteiger partial charge in [0.2, 0.25) is 0 Å². The molecular weight excluding hydrogens is 343 g/mol. The average molecular weight is 363 g/mol. The number of halogens is 3. The SMILES string of the molecule is CC1CCCc2sc(NC(=O)C(F)(F)F)c(C(=O)OC(C)(C)C)c21. The van der Waals surface area contributed by atoms with Crippen molar-refractivity contribution in [2.45, 2.75) is 64.7 Å². The first-order valence-electron chi connectivity index (χ1n) is 7.67. The highest BCUT2D eigenvalue weighted by Crippen LogP contribution is 2.44. The van der Waals surface area contributed by atoms with Crippen molar-refractivity contribution in [3.63, 3.8) is 0 Å². The van der Waals surface area contributed by atoms with Crippen LogP contribution in [-0.2, 0) is 16.0 Å². The van der Waals surface area contributed by atoms with E-state index in [1.54, 1.807) is 20.8 Å². The van der Waals surface area contributed by atoms with E-state index < -0.39 is 23.7 Å². The number of ether oxygens (including phenoxy) is 1. The van der Waals surface area contributed by atoms with Crippen LogP contribution in [0.25, 0.3) is 0 Å². The number of rotatable bonds is 2. The van der Waals surface area contributed by atoms with Crippen molar-refractivity contribution >= 4 is 28.2 Å². The monoisotopic (exact) mass is 363 g/mol. The number of anilines is 1. The molecule has 0 aromatic carbocycles. The molecule has 1 atom stereocenters. The number of hydrogen-bond donors (Lipinski definition) is 1. The van der Waals surface area contributed by atoms with Gasteiger partial charge in [0.05, 0.1) is 5.56 Å². The van der Waals surface area contributed by atoms with Crippen molar-refractivity contribution in [2.24, 2.45) is 0 Å². The van der Waals surface area contributed by atoms with Gasteiger partial charge >= 0.3 is 18.1 Å². The van der Waals surface area contributed by atoms with E-state index in [0.29, 0.717) is 12.0 Å². The van der Waals surface area contributed by atoms with Crippen LogP contribution in [0.1, 0.15) is 67.3 Å². The van der Waals surface area contributed by atoms with Crippen LogP contribution in [0.3, 0.4) is 0 Å². The minimum Gasteiger partial charge on any atom is -0.456 e. The summed E-state index contributed by atoms with van der Waals surface area (Å²) in [6.07, 6.45) is -2.59. The molecule has 0 saturated heterocycles. The maximum absolute atomic E-state index is 12.6. The number of esters is 1. The van der Waals surface area contributed by atoms with Crippen molar-refractivity contribution in [2.75, 3.05) is 5.32 Å². The first-order chi connectivity index (χ1) is 10.9. The second kappa shape index (κ2) is 6.38. The highest BCUT2D eigenvalue weighted by molar-refractivity contribution is 7.17. The van der Waals surface area contributed by atoms with Gasteiger partial charge in [-0.05, 0) is 51.5 Å². The lowest BCUT2D eigenvalue weighted by Gasteiger charge is -2.23. The van der Waals surface area contributed by atoms with E-state index >= 15 is 0 Å². The van der Waals surface area contributed by atoms with Gasteiger partial charge in [0, 0.05) is 4.88 Å². The minimum atomic E-state index is -5.01. The Morgan fingerprint density at radius 2 is 1.88 bits per heavy atom. The molecule has 0 radical (unpaired) electrons. The number of hydrogen-bond acceptors (Lipinski definition) is 4. The number of aryl methyl sites for hydroxylation is 1.